The predicted molar refractivity (Wildman–Crippen MR) is 141 cm³/mol. The number of rotatable bonds is 7. The van der Waals surface area contributed by atoms with Gasteiger partial charge in [-0.25, -0.2) is 9.78 Å². The molecule has 0 spiro atoms. The highest BCUT2D eigenvalue weighted by Gasteiger charge is 2.36. The Balaban J connectivity index is 0.00000400. The van der Waals surface area contributed by atoms with E-state index in [-0.39, 0.29) is 36.1 Å². The van der Waals surface area contributed by atoms with Crippen molar-refractivity contribution in [2.45, 2.75) is 32.5 Å². The van der Waals surface area contributed by atoms with Crippen LogP contribution in [0.25, 0.3) is 22.0 Å². The molecule has 0 saturated carbocycles. The second-order valence-electron chi connectivity index (χ2n) is 8.46. The van der Waals surface area contributed by atoms with Gasteiger partial charge in [-0.3, -0.25) is 0 Å². The van der Waals surface area contributed by atoms with Crippen molar-refractivity contribution in [1.29, 1.82) is 0 Å². The number of ether oxygens (including phenoxy) is 2. The summed E-state index contributed by atoms with van der Waals surface area (Å²) in [6, 6.07) is 10.1. The molecule has 0 N–H and O–H groups in total. The number of carbonyl (C=O) groups excluding carboxylic acids is 1. The molecule has 0 aliphatic heterocycles. The minimum Gasteiger partial charge on any atom is -0.479 e. The van der Waals surface area contributed by atoms with Gasteiger partial charge in [0, 0.05) is 23.0 Å². The Labute approximate surface area is 232 Å². The topological polar surface area (TPSA) is 79.1 Å². The zero-order chi connectivity index (χ0) is 27.0. The van der Waals surface area contributed by atoms with E-state index in [1.165, 1.54) is 34.1 Å². The summed E-state index contributed by atoms with van der Waals surface area (Å²) in [4.78, 5) is 16.4. The van der Waals surface area contributed by atoms with Gasteiger partial charge < -0.3 is 14.0 Å². The first kappa shape index (κ1) is 29.4. The molecule has 0 unspecified atom stereocenters. The van der Waals surface area contributed by atoms with Gasteiger partial charge in [-0.2, -0.15) is 13.2 Å². The van der Waals surface area contributed by atoms with Crippen LogP contribution in [0.5, 0.6) is 5.75 Å². The molecule has 0 saturated heterocycles. The summed E-state index contributed by atoms with van der Waals surface area (Å²) in [7, 11) is 1.58. The molecule has 4 aromatic rings. The third-order valence-electron chi connectivity index (χ3n) is 5.41. The van der Waals surface area contributed by atoms with Crippen molar-refractivity contribution in [3.8, 4) is 27.7 Å². The Kier molecular flexibility index (Phi) is 8.75. The average molecular weight is 587 g/mol. The van der Waals surface area contributed by atoms with Crippen molar-refractivity contribution in [2.24, 2.45) is 7.05 Å². The monoisotopic (exact) mass is 586 g/mol. The Bertz CT molecular complexity index is 1450. The summed E-state index contributed by atoms with van der Waals surface area (Å²) < 4.78 is 53.6. The highest BCUT2D eigenvalue weighted by molar-refractivity contribution is 7.13. The Hall–Kier alpha value is -3.15. The lowest BCUT2D eigenvalue weighted by molar-refractivity contribution is -0.137. The number of benzene rings is 2. The van der Waals surface area contributed by atoms with E-state index in [9.17, 15) is 18.0 Å². The molecule has 13 heteroatoms. The maximum Gasteiger partial charge on any atom is 0.417 e. The number of esters is 1. The van der Waals surface area contributed by atoms with Crippen LogP contribution >= 0.6 is 35.3 Å². The summed E-state index contributed by atoms with van der Waals surface area (Å²) in [5.41, 5.74) is -1.33. The van der Waals surface area contributed by atoms with Gasteiger partial charge in [-0.1, -0.05) is 29.8 Å². The molecule has 0 atom stereocenters. The molecule has 0 radical (unpaired) electrons. The molecule has 0 bridgehead atoms. The van der Waals surface area contributed by atoms with Gasteiger partial charge in [0.05, 0.1) is 17.7 Å². The molecule has 7 nitrogen and oxygen atoms in total. The van der Waals surface area contributed by atoms with Crippen molar-refractivity contribution < 1.29 is 27.4 Å². The average Bonchev–Trinajstić information content (AvgIpc) is 3.47. The molecule has 0 aliphatic rings. The molecule has 0 aliphatic carbocycles. The zero-order valence-electron chi connectivity index (χ0n) is 20.7. The second kappa shape index (κ2) is 11.3. The lowest BCUT2D eigenvalue weighted by Crippen LogP contribution is -2.29. The first-order chi connectivity index (χ1) is 17.4. The first-order valence-electron chi connectivity index (χ1n) is 11.1. The van der Waals surface area contributed by atoms with E-state index < -0.39 is 23.3 Å². The number of carbonyl (C=O) groups is 1. The maximum absolute atomic E-state index is 13.6. The first-order valence-corrected chi connectivity index (χ1v) is 12.4. The number of hydrogen-bond acceptors (Lipinski definition) is 7. The van der Waals surface area contributed by atoms with Crippen LogP contribution in [0.4, 0.5) is 13.2 Å². The molecule has 4 rings (SSSR count). The van der Waals surface area contributed by atoms with Crippen LogP contribution in [-0.2, 0) is 23.6 Å². The quantitative estimate of drug-likeness (QED) is 0.213. The highest BCUT2D eigenvalue weighted by Crippen LogP contribution is 2.40. The fourth-order valence-electron chi connectivity index (χ4n) is 3.79. The molecule has 2 aromatic heterocycles. The van der Waals surface area contributed by atoms with Crippen LogP contribution in [0, 0.1) is 0 Å². The van der Waals surface area contributed by atoms with E-state index in [0.29, 0.717) is 27.2 Å². The van der Waals surface area contributed by atoms with E-state index in [1.54, 1.807) is 51.4 Å². The maximum atomic E-state index is 13.6. The van der Waals surface area contributed by atoms with Gasteiger partial charge in [-0.15, -0.1) is 33.9 Å². The number of alkyl halides is 3. The fraction of sp³-hybridized carbons (Fsp3) is 0.280. The minimum absolute atomic E-state index is 0. The van der Waals surface area contributed by atoms with Gasteiger partial charge in [0.25, 0.3) is 0 Å². The Morgan fingerprint density at radius 3 is 2.50 bits per heavy atom. The fourth-order valence-corrected chi connectivity index (χ4v) is 4.77. The third kappa shape index (κ3) is 5.95. The van der Waals surface area contributed by atoms with Gasteiger partial charge in [0.15, 0.2) is 22.9 Å². The van der Waals surface area contributed by atoms with E-state index in [2.05, 4.69) is 15.2 Å². The van der Waals surface area contributed by atoms with Crippen molar-refractivity contribution in [3.05, 3.63) is 69.9 Å². The standard InChI is InChI=1S/C25H22ClF3N4O3S.ClH/c1-5-35-22(34)18-13-37-21(30-18)16-12-14(26)10-11-19(16)36-24(2,3)23-32-31-20(33(23)4)15-8-6-7-9-17(15)25(27,28)29;/h6-13H,5H2,1-4H3;1H. The lowest BCUT2D eigenvalue weighted by atomic mass is 10.1. The van der Waals surface area contributed by atoms with E-state index in [0.717, 1.165) is 6.07 Å². The SMILES string of the molecule is CCOC(=O)c1csc(-c2cc(Cl)ccc2OC(C)(C)c2nnc(-c3ccccc3C(F)(F)F)n2C)n1.Cl. The summed E-state index contributed by atoms with van der Waals surface area (Å²) in [5, 5.41) is 10.7. The number of halogens is 5. The summed E-state index contributed by atoms with van der Waals surface area (Å²) >= 11 is 7.45. The zero-order valence-corrected chi connectivity index (χ0v) is 23.1. The smallest absolute Gasteiger partial charge is 0.417 e. The summed E-state index contributed by atoms with van der Waals surface area (Å²) in [6.45, 7) is 5.37. The van der Waals surface area contributed by atoms with Crippen LogP contribution < -0.4 is 4.74 Å². The predicted octanol–water partition coefficient (Wildman–Crippen LogP) is 7.19. The van der Waals surface area contributed by atoms with Gasteiger partial charge in [-0.05, 0) is 45.0 Å². The van der Waals surface area contributed by atoms with Crippen LogP contribution in [0.15, 0.2) is 47.8 Å². The number of hydrogen-bond donors (Lipinski definition) is 0. The normalized spacial score (nSPS) is 11.7. The van der Waals surface area contributed by atoms with Crippen LogP contribution in [0.3, 0.4) is 0 Å². The van der Waals surface area contributed by atoms with E-state index >= 15 is 0 Å². The Morgan fingerprint density at radius 2 is 1.82 bits per heavy atom. The molecular formula is C25H23Cl2F3N4O3S. The molecule has 2 heterocycles. The van der Waals surface area contributed by atoms with Crippen molar-refractivity contribution in [2.75, 3.05) is 6.61 Å². The van der Waals surface area contributed by atoms with Crippen LogP contribution in [0.2, 0.25) is 5.02 Å². The van der Waals surface area contributed by atoms with Crippen LogP contribution in [-0.4, -0.2) is 32.3 Å². The molecule has 0 fully saturated rings. The number of thiazole rings is 1. The van der Waals surface area contributed by atoms with Gasteiger partial charge in [0.1, 0.15) is 10.8 Å². The van der Waals surface area contributed by atoms with E-state index in [4.69, 9.17) is 21.1 Å². The molecule has 202 valence electrons. The second-order valence-corrected chi connectivity index (χ2v) is 9.76. The van der Waals surface area contributed by atoms with Crippen molar-refractivity contribution in [3.63, 3.8) is 0 Å². The third-order valence-corrected chi connectivity index (χ3v) is 6.52. The van der Waals surface area contributed by atoms with Gasteiger partial charge in [0.2, 0.25) is 0 Å². The lowest BCUT2D eigenvalue weighted by Gasteiger charge is -2.26. The Morgan fingerprint density at radius 1 is 1.11 bits per heavy atom. The molecule has 2 aromatic carbocycles. The van der Waals surface area contributed by atoms with Crippen molar-refractivity contribution in [1.82, 2.24) is 19.7 Å². The van der Waals surface area contributed by atoms with Crippen LogP contribution in [0.1, 0.15) is 42.6 Å². The van der Waals surface area contributed by atoms with E-state index in [1.807, 2.05) is 0 Å². The molecule has 0 amide bonds. The number of nitrogens with zero attached hydrogens (tertiary/aromatic N) is 4. The molecule has 38 heavy (non-hydrogen) atoms. The largest absolute Gasteiger partial charge is 0.479 e. The van der Waals surface area contributed by atoms with Gasteiger partial charge >= 0.3 is 12.1 Å². The van der Waals surface area contributed by atoms with Crippen molar-refractivity contribution >= 4 is 41.3 Å². The number of aromatic nitrogens is 4. The highest BCUT2D eigenvalue weighted by atomic mass is 35.5. The minimum atomic E-state index is -4.55. The molecular weight excluding hydrogens is 564 g/mol. The summed E-state index contributed by atoms with van der Waals surface area (Å²) in [5.74, 6) is 0.196. The summed E-state index contributed by atoms with van der Waals surface area (Å²) in [6.07, 6.45) is -4.55.